The van der Waals surface area contributed by atoms with E-state index in [1.807, 2.05) is 0 Å². The molecule has 1 aromatic carbocycles. The van der Waals surface area contributed by atoms with E-state index in [4.69, 9.17) is 5.11 Å². The number of nitrogens with zero attached hydrogens (tertiary/aromatic N) is 1. The van der Waals surface area contributed by atoms with Gasteiger partial charge in [-0.3, -0.25) is 14.9 Å². The van der Waals surface area contributed by atoms with Gasteiger partial charge in [0.2, 0.25) is 0 Å². The van der Waals surface area contributed by atoms with Crippen LogP contribution < -0.4 is 0 Å². The molecule has 0 unspecified atom stereocenters. The molecule has 5 nitrogen and oxygen atoms in total. The number of carboxylic acids is 1. The van der Waals surface area contributed by atoms with Crippen LogP contribution in [0.2, 0.25) is 0 Å². The SMILES string of the molecule is CC(C)(SCc1ccc([N+](=O)[O-])cc1)C(=O)O. The minimum absolute atomic E-state index is 0.0382. The molecule has 1 N–H and O–H groups in total. The van der Waals surface area contributed by atoms with Gasteiger partial charge in [0.05, 0.1) is 4.92 Å². The van der Waals surface area contributed by atoms with Gasteiger partial charge in [-0.15, -0.1) is 11.8 Å². The van der Waals surface area contributed by atoms with Gasteiger partial charge in [-0.1, -0.05) is 12.1 Å². The summed E-state index contributed by atoms with van der Waals surface area (Å²) >= 11 is 1.28. The number of thioether (sulfide) groups is 1. The first kappa shape index (κ1) is 13.5. The minimum Gasteiger partial charge on any atom is -0.480 e. The fourth-order valence-electron chi connectivity index (χ4n) is 1.04. The number of carboxylic acid groups (broad SMARTS) is 1. The minimum atomic E-state index is -0.871. The number of aliphatic carboxylic acids is 1. The van der Waals surface area contributed by atoms with E-state index in [2.05, 4.69) is 0 Å². The fraction of sp³-hybridized carbons (Fsp3) is 0.364. The molecule has 0 heterocycles. The van der Waals surface area contributed by atoms with Gasteiger partial charge in [-0.2, -0.15) is 0 Å². The van der Waals surface area contributed by atoms with Crippen molar-refractivity contribution >= 4 is 23.4 Å². The van der Waals surface area contributed by atoms with Gasteiger partial charge in [-0.05, 0) is 19.4 Å². The van der Waals surface area contributed by atoms with E-state index < -0.39 is 15.6 Å². The van der Waals surface area contributed by atoms with Crippen molar-refractivity contribution in [3.8, 4) is 0 Å². The predicted octanol–water partition coefficient (Wildman–Crippen LogP) is 2.69. The standard InChI is InChI=1S/C11H13NO4S/c1-11(2,10(13)14)17-7-8-3-5-9(6-4-8)12(15)16/h3-6H,7H2,1-2H3,(H,13,14). The molecule has 0 amide bonds. The second kappa shape index (κ2) is 5.18. The van der Waals surface area contributed by atoms with Crippen molar-refractivity contribution in [3.05, 3.63) is 39.9 Å². The Morgan fingerprint density at radius 2 is 1.94 bits per heavy atom. The summed E-state index contributed by atoms with van der Waals surface area (Å²) in [7, 11) is 0. The molecule has 92 valence electrons. The molecule has 0 aliphatic heterocycles. The average Bonchev–Trinajstić information content (AvgIpc) is 2.27. The molecule has 0 bridgehead atoms. The van der Waals surface area contributed by atoms with Crippen LogP contribution in [-0.4, -0.2) is 20.7 Å². The number of carbonyl (C=O) groups is 1. The van der Waals surface area contributed by atoms with Crippen molar-refractivity contribution in [3.63, 3.8) is 0 Å². The zero-order chi connectivity index (χ0) is 13.1. The van der Waals surface area contributed by atoms with E-state index in [-0.39, 0.29) is 5.69 Å². The van der Waals surface area contributed by atoms with Crippen LogP contribution in [-0.2, 0) is 10.5 Å². The van der Waals surface area contributed by atoms with Crippen molar-refractivity contribution in [2.24, 2.45) is 0 Å². The maximum Gasteiger partial charge on any atom is 0.319 e. The van der Waals surface area contributed by atoms with Gasteiger partial charge in [0.1, 0.15) is 4.75 Å². The summed E-state index contributed by atoms with van der Waals surface area (Å²) in [6.07, 6.45) is 0. The third kappa shape index (κ3) is 3.74. The van der Waals surface area contributed by atoms with Crippen molar-refractivity contribution in [1.29, 1.82) is 0 Å². The molecule has 0 saturated carbocycles. The van der Waals surface area contributed by atoms with E-state index in [9.17, 15) is 14.9 Å². The molecule has 0 atom stereocenters. The Hall–Kier alpha value is -1.56. The zero-order valence-electron chi connectivity index (χ0n) is 9.54. The normalized spacial score (nSPS) is 11.2. The second-order valence-electron chi connectivity index (χ2n) is 4.03. The molecule has 0 spiro atoms. The third-order valence-electron chi connectivity index (χ3n) is 2.26. The number of hydrogen-bond donors (Lipinski definition) is 1. The number of benzene rings is 1. The Labute approximate surface area is 103 Å². The molecule has 0 radical (unpaired) electrons. The smallest absolute Gasteiger partial charge is 0.319 e. The lowest BCUT2D eigenvalue weighted by atomic mass is 10.2. The molecule has 0 aromatic heterocycles. The van der Waals surface area contributed by atoms with Gasteiger partial charge >= 0.3 is 5.97 Å². The summed E-state index contributed by atoms with van der Waals surface area (Å²) in [5, 5.41) is 19.4. The molecular weight excluding hydrogens is 242 g/mol. The lowest BCUT2D eigenvalue weighted by Crippen LogP contribution is -2.27. The highest BCUT2D eigenvalue weighted by molar-refractivity contribution is 8.00. The number of non-ortho nitro benzene ring substituents is 1. The number of rotatable bonds is 5. The molecule has 6 heteroatoms. The molecule has 0 saturated heterocycles. The molecule has 0 aliphatic rings. The van der Waals surface area contributed by atoms with Crippen LogP contribution in [0.15, 0.2) is 24.3 Å². The van der Waals surface area contributed by atoms with Crippen molar-refractivity contribution in [2.45, 2.75) is 24.3 Å². The number of nitro benzene ring substituents is 1. The molecule has 1 rings (SSSR count). The quantitative estimate of drug-likeness (QED) is 0.646. The molecule has 0 aliphatic carbocycles. The van der Waals surface area contributed by atoms with E-state index in [1.54, 1.807) is 26.0 Å². The second-order valence-corrected chi connectivity index (χ2v) is 5.63. The predicted molar refractivity (Wildman–Crippen MR) is 66.1 cm³/mol. The molecular formula is C11H13NO4S. The summed E-state index contributed by atoms with van der Waals surface area (Å²) in [6.45, 7) is 3.26. The largest absolute Gasteiger partial charge is 0.480 e. The Balaban J connectivity index is 2.65. The van der Waals surface area contributed by atoms with Gasteiger partial charge in [-0.25, -0.2) is 0 Å². The number of nitro groups is 1. The first-order valence-corrected chi connectivity index (χ1v) is 5.92. The average molecular weight is 255 g/mol. The highest BCUT2D eigenvalue weighted by atomic mass is 32.2. The summed E-state index contributed by atoms with van der Waals surface area (Å²) in [4.78, 5) is 20.9. The van der Waals surface area contributed by atoms with E-state index in [0.717, 1.165) is 5.56 Å². The van der Waals surface area contributed by atoms with Gasteiger partial charge < -0.3 is 5.11 Å². The van der Waals surface area contributed by atoms with Crippen LogP contribution in [0.25, 0.3) is 0 Å². The Bertz CT molecular complexity index is 428. The topological polar surface area (TPSA) is 80.4 Å². The zero-order valence-corrected chi connectivity index (χ0v) is 10.4. The lowest BCUT2D eigenvalue weighted by molar-refractivity contribution is -0.384. The molecule has 17 heavy (non-hydrogen) atoms. The highest BCUT2D eigenvalue weighted by Gasteiger charge is 2.27. The van der Waals surface area contributed by atoms with Crippen LogP contribution in [0.3, 0.4) is 0 Å². The fourth-order valence-corrected chi connectivity index (χ4v) is 1.88. The van der Waals surface area contributed by atoms with E-state index >= 15 is 0 Å². The summed E-state index contributed by atoms with van der Waals surface area (Å²) in [5.74, 6) is -0.360. The summed E-state index contributed by atoms with van der Waals surface area (Å²) in [5.41, 5.74) is 0.908. The van der Waals surface area contributed by atoms with Crippen LogP contribution in [0, 0.1) is 10.1 Å². The maximum absolute atomic E-state index is 10.9. The van der Waals surface area contributed by atoms with Gasteiger partial charge in [0.15, 0.2) is 0 Å². The van der Waals surface area contributed by atoms with Crippen LogP contribution in [0.1, 0.15) is 19.4 Å². The van der Waals surface area contributed by atoms with Crippen molar-refractivity contribution in [1.82, 2.24) is 0 Å². The van der Waals surface area contributed by atoms with Crippen LogP contribution in [0.4, 0.5) is 5.69 Å². The first-order chi connectivity index (χ1) is 7.83. The Morgan fingerprint density at radius 3 is 2.35 bits per heavy atom. The molecule has 0 fully saturated rings. The first-order valence-electron chi connectivity index (χ1n) is 4.93. The third-order valence-corrected chi connectivity index (χ3v) is 3.64. The molecule has 1 aromatic rings. The maximum atomic E-state index is 10.9. The summed E-state index contributed by atoms with van der Waals surface area (Å²) < 4.78 is -0.859. The summed E-state index contributed by atoms with van der Waals surface area (Å²) in [6, 6.07) is 6.12. The Kier molecular flexibility index (Phi) is 4.11. The lowest BCUT2D eigenvalue weighted by Gasteiger charge is -2.18. The van der Waals surface area contributed by atoms with Gasteiger partial charge in [0.25, 0.3) is 5.69 Å². The van der Waals surface area contributed by atoms with Crippen LogP contribution in [0.5, 0.6) is 0 Å². The van der Waals surface area contributed by atoms with E-state index in [0.29, 0.717) is 5.75 Å². The van der Waals surface area contributed by atoms with Crippen molar-refractivity contribution in [2.75, 3.05) is 0 Å². The van der Waals surface area contributed by atoms with Crippen molar-refractivity contribution < 1.29 is 14.8 Å². The number of hydrogen-bond acceptors (Lipinski definition) is 4. The Morgan fingerprint density at radius 1 is 1.41 bits per heavy atom. The monoisotopic (exact) mass is 255 g/mol. The van der Waals surface area contributed by atoms with E-state index in [1.165, 1.54) is 23.9 Å². The van der Waals surface area contributed by atoms with Gasteiger partial charge in [0, 0.05) is 17.9 Å². The van der Waals surface area contributed by atoms with Crippen LogP contribution >= 0.6 is 11.8 Å². The highest BCUT2D eigenvalue weighted by Crippen LogP contribution is 2.28.